The molecule has 0 saturated heterocycles. The van der Waals surface area contributed by atoms with Gasteiger partial charge in [0.1, 0.15) is 6.61 Å². The van der Waals surface area contributed by atoms with Gasteiger partial charge in [-0.1, -0.05) is 26.7 Å². The van der Waals surface area contributed by atoms with Gasteiger partial charge < -0.3 is 30.3 Å². The second-order valence-electron chi connectivity index (χ2n) is 4.13. The number of hydrogen-bond acceptors (Lipinski definition) is 7. The summed E-state index contributed by atoms with van der Waals surface area (Å²) in [6, 6.07) is 0. The molecular weight excluding hydrogens is 336 g/mol. The van der Waals surface area contributed by atoms with E-state index in [1.807, 2.05) is 0 Å². The van der Waals surface area contributed by atoms with E-state index in [9.17, 15) is 14.4 Å². The molecule has 9 nitrogen and oxygen atoms in total. The van der Waals surface area contributed by atoms with Crippen molar-refractivity contribution in [2.75, 3.05) is 26.4 Å². The molecule has 0 aliphatic heterocycles. The van der Waals surface area contributed by atoms with Gasteiger partial charge in [-0.2, -0.15) is 0 Å². The van der Waals surface area contributed by atoms with Gasteiger partial charge in [-0.25, -0.2) is 14.4 Å². The number of esters is 1. The highest BCUT2D eigenvalue weighted by atomic mass is 16.5. The van der Waals surface area contributed by atoms with Crippen LogP contribution in [0.2, 0.25) is 0 Å². The lowest BCUT2D eigenvalue weighted by atomic mass is 10.4. The molecule has 0 fully saturated rings. The van der Waals surface area contributed by atoms with E-state index in [-0.39, 0.29) is 0 Å². The summed E-state index contributed by atoms with van der Waals surface area (Å²) in [5.74, 6) is -3.08. The van der Waals surface area contributed by atoms with Crippen molar-refractivity contribution < 1.29 is 44.7 Å². The van der Waals surface area contributed by atoms with Crippen molar-refractivity contribution in [3.63, 3.8) is 0 Å². The van der Waals surface area contributed by atoms with Crippen LogP contribution in [0, 0.1) is 0 Å². The second kappa shape index (κ2) is 30.0. The van der Waals surface area contributed by atoms with E-state index in [4.69, 9.17) is 25.5 Å². The first-order chi connectivity index (χ1) is 11.8. The fraction of sp³-hybridized carbons (Fsp3) is 0.688. The van der Waals surface area contributed by atoms with E-state index in [0.717, 1.165) is 25.7 Å². The Hall–Kier alpha value is -1.97. The van der Waals surface area contributed by atoms with Crippen LogP contribution in [0.3, 0.4) is 0 Å². The number of carboxylic acids is 2. The summed E-state index contributed by atoms with van der Waals surface area (Å²) in [6.45, 7) is 6.29. The zero-order chi connectivity index (χ0) is 20.5. The summed E-state index contributed by atoms with van der Waals surface area (Å²) >= 11 is 0. The average molecular weight is 368 g/mol. The van der Waals surface area contributed by atoms with Crippen molar-refractivity contribution in [3.05, 3.63) is 12.2 Å². The molecule has 0 saturated carbocycles. The highest BCUT2D eigenvalue weighted by Gasteiger charge is 1.92. The summed E-state index contributed by atoms with van der Waals surface area (Å²) in [4.78, 5) is 29.0. The van der Waals surface area contributed by atoms with Gasteiger partial charge in [0.2, 0.25) is 0 Å². The maximum absolute atomic E-state index is 9.94. The predicted octanol–water partition coefficient (Wildman–Crippen LogP) is 0.811. The molecular formula is C16H32O9. The van der Waals surface area contributed by atoms with Crippen LogP contribution in [-0.2, 0) is 19.1 Å². The third-order valence-electron chi connectivity index (χ3n) is 1.83. The van der Waals surface area contributed by atoms with Gasteiger partial charge >= 0.3 is 17.9 Å². The van der Waals surface area contributed by atoms with Crippen LogP contribution in [0.25, 0.3) is 0 Å². The van der Waals surface area contributed by atoms with Crippen LogP contribution in [0.5, 0.6) is 0 Å². The molecule has 0 spiro atoms. The summed E-state index contributed by atoms with van der Waals surface area (Å²) in [5.41, 5.74) is 0. The zero-order valence-corrected chi connectivity index (χ0v) is 15.2. The molecule has 0 aromatic carbocycles. The van der Waals surface area contributed by atoms with Gasteiger partial charge in [0.15, 0.2) is 0 Å². The minimum atomic E-state index is -1.26. The molecule has 5 N–H and O–H groups in total. The van der Waals surface area contributed by atoms with Crippen LogP contribution < -0.4 is 0 Å². The Kier molecular flexibility index (Phi) is 37.0. The van der Waals surface area contributed by atoms with E-state index >= 15 is 0 Å². The number of unbranched alkanes of at least 4 members (excludes halogenated alkanes) is 2. The van der Waals surface area contributed by atoms with E-state index in [1.165, 1.54) is 0 Å². The summed E-state index contributed by atoms with van der Waals surface area (Å²) in [7, 11) is 0. The Balaban J connectivity index is -0.000000120. The van der Waals surface area contributed by atoms with Gasteiger partial charge in [0.25, 0.3) is 0 Å². The fourth-order valence-electron chi connectivity index (χ4n) is 0.665. The molecule has 0 bridgehead atoms. The molecule has 25 heavy (non-hydrogen) atoms. The monoisotopic (exact) mass is 368 g/mol. The minimum Gasteiger partial charge on any atom is -0.478 e. The van der Waals surface area contributed by atoms with Crippen LogP contribution in [0.1, 0.15) is 46.5 Å². The van der Waals surface area contributed by atoms with Crippen molar-refractivity contribution in [2.45, 2.75) is 46.5 Å². The SMILES string of the molecule is CCCCO.CCCCO.CCOC(=O)CO.O=C(O)/C=C/C(=O)O. The fourth-order valence-corrected chi connectivity index (χ4v) is 0.665. The lowest BCUT2D eigenvalue weighted by molar-refractivity contribution is -0.146. The summed E-state index contributed by atoms with van der Waals surface area (Å²) < 4.78 is 4.30. The van der Waals surface area contributed by atoms with Crippen molar-refractivity contribution in [1.29, 1.82) is 0 Å². The Bertz CT molecular complexity index is 302. The lowest BCUT2D eigenvalue weighted by Gasteiger charge is -1.93. The maximum atomic E-state index is 9.94. The number of carbonyl (C=O) groups is 3. The number of rotatable bonds is 8. The molecule has 0 amide bonds. The Morgan fingerprint density at radius 2 is 1.16 bits per heavy atom. The molecule has 0 aromatic heterocycles. The number of aliphatic carboxylic acids is 2. The standard InChI is InChI=1S/C4H4O4.C4H8O3.2C4H10O/c5-3(6)1-2-4(7)8;1-2-7-4(6)3-5;2*1-2-3-4-5/h1-2H,(H,5,6)(H,7,8);5H,2-3H2,1H3;2*5H,2-4H2,1H3/b2-1+;;;. The number of carbonyl (C=O) groups excluding carboxylic acids is 1. The predicted molar refractivity (Wildman–Crippen MR) is 92.1 cm³/mol. The van der Waals surface area contributed by atoms with Crippen LogP contribution in [-0.4, -0.2) is 69.9 Å². The Labute approximate surface area is 148 Å². The van der Waals surface area contributed by atoms with Gasteiger partial charge in [-0.3, -0.25) is 0 Å². The number of ether oxygens (including phenoxy) is 1. The first-order valence-corrected chi connectivity index (χ1v) is 7.89. The Morgan fingerprint density at radius 3 is 1.24 bits per heavy atom. The lowest BCUT2D eigenvalue weighted by Crippen LogP contribution is -2.07. The Morgan fingerprint density at radius 1 is 0.800 bits per heavy atom. The number of aliphatic hydroxyl groups excluding tert-OH is 3. The number of hydrogen-bond donors (Lipinski definition) is 5. The zero-order valence-electron chi connectivity index (χ0n) is 15.2. The van der Waals surface area contributed by atoms with Gasteiger partial charge in [0.05, 0.1) is 6.61 Å². The first kappa shape index (κ1) is 30.9. The molecule has 0 atom stereocenters. The van der Waals surface area contributed by atoms with Crippen LogP contribution in [0.4, 0.5) is 0 Å². The highest BCUT2D eigenvalue weighted by molar-refractivity contribution is 5.89. The molecule has 0 aromatic rings. The van der Waals surface area contributed by atoms with Crippen LogP contribution >= 0.6 is 0 Å². The summed E-state index contributed by atoms with van der Waals surface area (Å²) in [5, 5.41) is 39.7. The minimum absolute atomic E-state index is 0.333. The third kappa shape index (κ3) is 61.1. The van der Waals surface area contributed by atoms with E-state index < -0.39 is 24.5 Å². The van der Waals surface area contributed by atoms with Crippen molar-refractivity contribution in [1.82, 2.24) is 0 Å². The third-order valence-corrected chi connectivity index (χ3v) is 1.83. The quantitative estimate of drug-likeness (QED) is 0.308. The number of aliphatic hydroxyl groups is 3. The van der Waals surface area contributed by atoms with E-state index in [1.54, 1.807) is 6.92 Å². The molecule has 9 heteroatoms. The average Bonchev–Trinajstić information content (AvgIpc) is 2.56. The van der Waals surface area contributed by atoms with Crippen molar-refractivity contribution in [3.8, 4) is 0 Å². The molecule has 0 aliphatic rings. The molecule has 0 aliphatic carbocycles. The van der Waals surface area contributed by atoms with Gasteiger partial charge in [-0.05, 0) is 19.8 Å². The van der Waals surface area contributed by atoms with E-state index in [0.29, 0.717) is 32.0 Å². The van der Waals surface area contributed by atoms with E-state index in [2.05, 4.69) is 18.6 Å². The molecule has 0 radical (unpaired) electrons. The molecule has 0 unspecified atom stereocenters. The van der Waals surface area contributed by atoms with Crippen LogP contribution in [0.15, 0.2) is 12.2 Å². The van der Waals surface area contributed by atoms with Gasteiger partial charge in [-0.15, -0.1) is 0 Å². The normalized spacial score (nSPS) is 8.72. The topological polar surface area (TPSA) is 162 Å². The highest BCUT2D eigenvalue weighted by Crippen LogP contribution is 1.79. The molecule has 150 valence electrons. The second-order valence-corrected chi connectivity index (χ2v) is 4.13. The number of carboxylic acid groups (broad SMARTS) is 2. The van der Waals surface area contributed by atoms with Crippen molar-refractivity contribution in [2.24, 2.45) is 0 Å². The first-order valence-electron chi connectivity index (χ1n) is 7.89. The van der Waals surface area contributed by atoms with Crippen molar-refractivity contribution >= 4 is 17.9 Å². The smallest absolute Gasteiger partial charge is 0.331 e. The largest absolute Gasteiger partial charge is 0.478 e. The molecule has 0 heterocycles. The maximum Gasteiger partial charge on any atom is 0.331 e. The summed E-state index contributed by atoms with van der Waals surface area (Å²) in [6.07, 6.45) is 5.19. The molecule has 0 rings (SSSR count). The van der Waals surface area contributed by atoms with Gasteiger partial charge in [0, 0.05) is 25.4 Å².